The molecule has 0 amide bonds. The number of aliphatic hydroxyl groups is 1. The van der Waals surface area contributed by atoms with E-state index in [1.807, 2.05) is 30.3 Å². The zero-order chi connectivity index (χ0) is 11.8. The molecule has 0 aliphatic carbocycles. The topological polar surface area (TPSA) is 36.0 Å². The van der Waals surface area contributed by atoms with E-state index >= 15 is 0 Å². The minimum atomic E-state index is -0.633. The predicted octanol–water partition coefficient (Wildman–Crippen LogP) is 3.54. The van der Waals surface area contributed by atoms with E-state index < -0.39 is 6.10 Å². The highest BCUT2D eigenvalue weighted by molar-refractivity contribution is 6.08. The van der Waals surface area contributed by atoms with E-state index in [1.165, 1.54) is 5.39 Å². The maximum Gasteiger partial charge on any atom is 0.0989 e. The van der Waals surface area contributed by atoms with Gasteiger partial charge in [-0.2, -0.15) is 0 Å². The molecule has 0 saturated carbocycles. The Morgan fingerprint density at radius 2 is 1.82 bits per heavy atom. The van der Waals surface area contributed by atoms with Gasteiger partial charge in [0.15, 0.2) is 0 Å². The van der Waals surface area contributed by atoms with E-state index in [4.69, 9.17) is 0 Å². The van der Waals surface area contributed by atoms with Crippen molar-refractivity contribution < 1.29 is 5.11 Å². The molecule has 3 rings (SSSR count). The summed E-state index contributed by atoms with van der Waals surface area (Å²) in [6.45, 7) is 3.63. The van der Waals surface area contributed by atoms with Gasteiger partial charge in [-0.3, -0.25) is 0 Å². The first-order chi connectivity index (χ1) is 8.31. The lowest BCUT2D eigenvalue weighted by molar-refractivity contribution is 0.230. The lowest BCUT2D eigenvalue weighted by Gasteiger charge is -2.06. The number of aliphatic hydroxyl groups excluding tert-OH is 1. The second-order valence-electron chi connectivity index (χ2n) is 4.12. The lowest BCUT2D eigenvalue weighted by Crippen LogP contribution is -1.93. The molecule has 0 fully saturated rings. The Hall–Kier alpha value is -2.06. The summed E-state index contributed by atoms with van der Waals surface area (Å²) in [6.07, 6.45) is 0.909. The van der Waals surface area contributed by atoms with Crippen LogP contribution in [0.5, 0.6) is 0 Å². The van der Waals surface area contributed by atoms with Crippen molar-refractivity contribution in [2.45, 2.75) is 6.10 Å². The van der Waals surface area contributed by atoms with Crippen molar-refractivity contribution in [3.05, 3.63) is 60.7 Å². The average molecular weight is 223 g/mol. The molecule has 0 spiro atoms. The predicted molar refractivity (Wildman–Crippen MR) is 71.0 cm³/mol. The molecule has 2 aromatic carbocycles. The van der Waals surface area contributed by atoms with Crippen molar-refractivity contribution in [2.75, 3.05) is 0 Å². The molecule has 0 aliphatic heterocycles. The van der Waals surface area contributed by atoms with Gasteiger partial charge in [0.25, 0.3) is 0 Å². The molecular formula is C15H13NO. The Morgan fingerprint density at radius 3 is 2.65 bits per heavy atom. The SMILES string of the molecule is C=CC(O)c1cccc2c1[nH]c1ccccc12. The molecule has 0 bridgehead atoms. The standard InChI is InChI=1S/C15H13NO/c1-2-14(17)12-8-5-7-11-10-6-3-4-9-13(10)16-15(11)12/h2-9,14,16-17H,1H2. The third-order valence-corrected chi connectivity index (χ3v) is 3.12. The molecular weight excluding hydrogens is 210 g/mol. The summed E-state index contributed by atoms with van der Waals surface area (Å²) in [5, 5.41) is 12.2. The van der Waals surface area contributed by atoms with E-state index in [0.717, 1.165) is 22.0 Å². The third kappa shape index (κ3) is 1.46. The van der Waals surface area contributed by atoms with E-state index in [1.54, 1.807) is 6.08 Å². The van der Waals surface area contributed by atoms with Crippen LogP contribution in [-0.2, 0) is 0 Å². The van der Waals surface area contributed by atoms with Crippen LogP contribution in [0.15, 0.2) is 55.1 Å². The van der Waals surface area contributed by atoms with Gasteiger partial charge in [0.05, 0.1) is 11.6 Å². The Kier molecular flexibility index (Phi) is 2.23. The van der Waals surface area contributed by atoms with Gasteiger partial charge in [0.1, 0.15) is 0 Å². The number of hydrogen-bond acceptors (Lipinski definition) is 1. The van der Waals surface area contributed by atoms with Crippen molar-refractivity contribution in [2.24, 2.45) is 0 Å². The summed E-state index contributed by atoms with van der Waals surface area (Å²) >= 11 is 0. The van der Waals surface area contributed by atoms with Gasteiger partial charge in [-0.1, -0.05) is 42.5 Å². The highest BCUT2D eigenvalue weighted by atomic mass is 16.3. The summed E-state index contributed by atoms with van der Waals surface area (Å²) < 4.78 is 0. The van der Waals surface area contributed by atoms with Crippen LogP contribution in [0.3, 0.4) is 0 Å². The molecule has 0 radical (unpaired) electrons. The molecule has 17 heavy (non-hydrogen) atoms. The van der Waals surface area contributed by atoms with Crippen LogP contribution in [0.2, 0.25) is 0 Å². The molecule has 84 valence electrons. The Morgan fingerprint density at radius 1 is 1.06 bits per heavy atom. The van der Waals surface area contributed by atoms with Crippen molar-refractivity contribution in [3.63, 3.8) is 0 Å². The number of hydrogen-bond donors (Lipinski definition) is 2. The fraction of sp³-hybridized carbons (Fsp3) is 0.0667. The molecule has 2 nitrogen and oxygen atoms in total. The van der Waals surface area contributed by atoms with Crippen LogP contribution >= 0.6 is 0 Å². The second kappa shape index (κ2) is 3.75. The zero-order valence-corrected chi connectivity index (χ0v) is 9.35. The fourth-order valence-electron chi connectivity index (χ4n) is 2.27. The quantitative estimate of drug-likeness (QED) is 0.640. The Balaban J connectivity index is 2.43. The Bertz CT molecular complexity index is 696. The van der Waals surface area contributed by atoms with Crippen molar-refractivity contribution >= 4 is 21.8 Å². The monoisotopic (exact) mass is 223 g/mol. The van der Waals surface area contributed by atoms with Crippen molar-refractivity contribution in [3.8, 4) is 0 Å². The first-order valence-electron chi connectivity index (χ1n) is 5.61. The maximum atomic E-state index is 9.91. The summed E-state index contributed by atoms with van der Waals surface area (Å²) in [5.74, 6) is 0. The van der Waals surface area contributed by atoms with Crippen molar-refractivity contribution in [1.82, 2.24) is 4.98 Å². The largest absolute Gasteiger partial charge is 0.384 e. The number of aromatic amines is 1. The molecule has 2 heteroatoms. The minimum absolute atomic E-state index is 0.633. The first-order valence-corrected chi connectivity index (χ1v) is 5.61. The fourth-order valence-corrected chi connectivity index (χ4v) is 2.27. The number of rotatable bonds is 2. The maximum absolute atomic E-state index is 9.91. The first kappa shape index (κ1) is 10.1. The smallest absolute Gasteiger partial charge is 0.0989 e. The Labute approximate surface area is 99.2 Å². The highest BCUT2D eigenvalue weighted by Gasteiger charge is 2.11. The van der Waals surface area contributed by atoms with Gasteiger partial charge in [0.2, 0.25) is 0 Å². The molecule has 1 heterocycles. The third-order valence-electron chi connectivity index (χ3n) is 3.12. The van der Waals surface area contributed by atoms with Crippen LogP contribution in [0.1, 0.15) is 11.7 Å². The molecule has 3 aromatic rings. The second-order valence-corrected chi connectivity index (χ2v) is 4.12. The number of nitrogens with one attached hydrogen (secondary N) is 1. The van der Waals surface area contributed by atoms with E-state index in [0.29, 0.717) is 0 Å². The summed E-state index contributed by atoms with van der Waals surface area (Å²) in [4.78, 5) is 3.35. The van der Waals surface area contributed by atoms with Gasteiger partial charge in [-0.25, -0.2) is 0 Å². The van der Waals surface area contributed by atoms with Gasteiger partial charge in [-0.15, -0.1) is 6.58 Å². The van der Waals surface area contributed by atoms with Crippen LogP contribution < -0.4 is 0 Å². The van der Waals surface area contributed by atoms with E-state index in [9.17, 15) is 5.11 Å². The van der Waals surface area contributed by atoms with Gasteiger partial charge < -0.3 is 10.1 Å². The van der Waals surface area contributed by atoms with Gasteiger partial charge >= 0.3 is 0 Å². The van der Waals surface area contributed by atoms with Gasteiger partial charge in [-0.05, 0) is 6.07 Å². The normalized spacial score (nSPS) is 13.0. The van der Waals surface area contributed by atoms with E-state index in [2.05, 4.69) is 23.7 Å². The molecule has 1 unspecified atom stereocenters. The number of benzene rings is 2. The highest BCUT2D eigenvalue weighted by Crippen LogP contribution is 2.30. The number of H-pyrrole nitrogens is 1. The number of fused-ring (bicyclic) bond motifs is 3. The van der Waals surface area contributed by atoms with Crippen LogP contribution in [-0.4, -0.2) is 10.1 Å². The molecule has 0 aliphatic rings. The lowest BCUT2D eigenvalue weighted by atomic mass is 10.0. The minimum Gasteiger partial charge on any atom is -0.384 e. The summed E-state index contributed by atoms with van der Waals surface area (Å²) in [6, 6.07) is 14.1. The summed E-state index contributed by atoms with van der Waals surface area (Å²) in [7, 11) is 0. The average Bonchev–Trinajstić information content (AvgIpc) is 2.76. The molecule has 0 saturated heterocycles. The molecule has 1 atom stereocenters. The van der Waals surface area contributed by atoms with Crippen LogP contribution in [0, 0.1) is 0 Å². The summed E-state index contributed by atoms with van der Waals surface area (Å²) in [5.41, 5.74) is 2.95. The van der Waals surface area contributed by atoms with Crippen LogP contribution in [0.25, 0.3) is 21.8 Å². The van der Waals surface area contributed by atoms with Gasteiger partial charge in [0, 0.05) is 21.9 Å². The number of aromatic nitrogens is 1. The van der Waals surface area contributed by atoms with E-state index in [-0.39, 0.29) is 0 Å². The molecule has 2 N–H and O–H groups in total. The number of para-hydroxylation sites is 2. The molecule has 1 aromatic heterocycles. The zero-order valence-electron chi connectivity index (χ0n) is 9.35. The van der Waals surface area contributed by atoms with Crippen molar-refractivity contribution in [1.29, 1.82) is 0 Å². The van der Waals surface area contributed by atoms with Crippen LogP contribution in [0.4, 0.5) is 0 Å².